The summed E-state index contributed by atoms with van der Waals surface area (Å²) in [6, 6.07) is 6.19. The SMILES string of the molecule is Cc1cc(CO)cc(CCCCl)c1. The van der Waals surface area contributed by atoms with Crippen LogP contribution in [0.1, 0.15) is 23.1 Å². The van der Waals surface area contributed by atoms with Gasteiger partial charge in [0.25, 0.3) is 0 Å². The second kappa shape index (κ2) is 5.25. The van der Waals surface area contributed by atoms with Gasteiger partial charge in [-0.05, 0) is 30.9 Å². The van der Waals surface area contributed by atoms with Gasteiger partial charge in [0, 0.05) is 5.88 Å². The van der Waals surface area contributed by atoms with Crippen molar-refractivity contribution >= 4 is 11.6 Å². The van der Waals surface area contributed by atoms with Gasteiger partial charge in [-0.2, -0.15) is 0 Å². The maximum Gasteiger partial charge on any atom is 0.0682 e. The van der Waals surface area contributed by atoms with E-state index in [9.17, 15) is 0 Å². The molecule has 13 heavy (non-hydrogen) atoms. The number of rotatable bonds is 4. The molecule has 0 saturated carbocycles. The van der Waals surface area contributed by atoms with Gasteiger partial charge in [0.1, 0.15) is 0 Å². The number of hydrogen-bond acceptors (Lipinski definition) is 1. The molecule has 0 heterocycles. The molecule has 72 valence electrons. The Kier molecular flexibility index (Phi) is 4.26. The van der Waals surface area contributed by atoms with Crippen molar-refractivity contribution in [3.63, 3.8) is 0 Å². The Morgan fingerprint density at radius 2 is 1.92 bits per heavy atom. The predicted molar refractivity (Wildman–Crippen MR) is 56.1 cm³/mol. The van der Waals surface area contributed by atoms with Crippen LogP contribution in [0.4, 0.5) is 0 Å². The molecule has 0 aliphatic carbocycles. The number of hydrogen-bond donors (Lipinski definition) is 1. The van der Waals surface area contributed by atoms with Gasteiger partial charge >= 0.3 is 0 Å². The fourth-order valence-corrected chi connectivity index (χ4v) is 1.59. The molecule has 0 bridgehead atoms. The van der Waals surface area contributed by atoms with Crippen LogP contribution in [0, 0.1) is 6.92 Å². The molecule has 1 aromatic rings. The van der Waals surface area contributed by atoms with Crippen LogP contribution in [0.3, 0.4) is 0 Å². The Labute approximate surface area is 84.4 Å². The number of halogens is 1. The third-order valence-corrected chi connectivity index (χ3v) is 2.25. The summed E-state index contributed by atoms with van der Waals surface area (Å²) in [5.74, 6) is 0.697. The van der Waals surface area contributed by atoms with E-state index in [1.165, 1.54) is 11.1 Å². The van der Waals surface area contributed by atoms with E-state index in [0.717, 1.165) is 18.4 Å². The molecule has 0 fully saturated rings. The molecule has 0 saturated heterocycles. The summed E-state index contributed by atoms with van der Waals surface area (Å²) in [5.41, 5.74) is 3.46. The van der Waals surface area contributed by atoms with Crippen LogP contribution in [0.15, 0.2) is 18.2 Å². The van der Waals surface area contributed by atoms with Gasteiger partial charge in [-0.25, -0.2) is 0 Å². The Morgan fingerprint density at radius 1 is 1.23 bits per heavy atom. The third-order valence-electron chi connectivity index (χ3n) is 1.98. The zero-order chi connectivity index (χ0) is 9.68. The summed E-state index contributed by atoms with van der Waals surface area (Å²) in [7, 11) is 0. The molecule has 1 N–H and O–H groups in total. The molecule has 0 aliphatic heterocycles. The summed E-state index contributed by atoms with van der Waals surface area (Å²) < 4.78 is 0. The quantitative estimate of drug-likeness (QED) is 0.738. The number of aryl methyl sites for hydroxylation is 2. The van der Waals surface area contributed by atoms with Crippen molar-refractivity contribution in [2.45, 2.75) is 26.4 Å². The molecule has 1 rings (SSSR count). The van der Waals surface area contributed by atoms with Crippen molar-refractivity contribution < 1.29 is 5.11 Å². The fraction of sp³-hybridized carbons (Fsp3) is 0.455. The van der Waals surface area contributed by atoms with Crippen molar-refractivity contribution in [2.24, 2.45) is 0 Å². The standard InChI is InChI=1S/C11H15ClO/c1-9-5-10(3-2-4-12)7-11(6-9)8-13/h5-7,13H,2-4,8H2,1H3. The summed E-state index contributed by atoms with van der Waals surface area (Å²) in [6.07, 6.45) is 1.99. The van der Waals surface area contributed by atoms with Crippen molar-refractivity contribution in [3.8, 4) is 0 Å². The molecular weight excluding hydrogens is 184 g/mol. The number of benzene rings is 1. The lowest BCUT2D eigenvalue weighted by molar-refractivity contribution is 0.281. The minimum Gasteiger partial charge on any atom is -0.392 e. The van der Waals surface area contributed by atoms with Gasteiger partial charge in [-0.3, -0.25) is 0 Å². The topological polar surface area (TPSA) is 20.2 Å². The van der Waals surface area contributed by atoms with Gasteiger partial charge < -0.3 is 5.11 Å². The first-order valence-corrected chi connectivity index (χ1v) is 5.06. The van der Waals surface area contributed by atoms with E-state index in [-0.39, 0.29) is 6.61 Å². The maximum atomic E-state index is 8.99. The monoisotopic (exact) mass is 198 g/mol. The van der Waals surface area contributed by atoms with Crippen molar-refractivity contribution in [1.29, 1.82) is 0 Å². The fourth-order valence-electron chi connectivity index (χ4n) is 1.45. The van der Waals surface area contributed by atoms with Gasteiger partial charge in [0.15, 0.2) is 0 Å². The van der Waals surface area contributed by atoms with E-state index in [4.69, 9.17) is 16.7 Å². The largest absolute Gasteiger partial charge is 0.392 e. The van der Waals surface area contributed by atoms with E-state index >= 15 is 0 Å². The van der Waals surface area contributed by atoms with Gasteiger partial charge in [0.2, 0.25) is 0 Å². The minimum absolute atomic E-state index is 0.121. The van der Waals surface area contributed by atoms with Crippen LogP contribution in [-0.4, -0.2) is 11.0 Å². The number of aliphatic hydroxyl groups excluding tert-OH is 1. The van der Waals surface area contributed by atoms with Gasteiger partial charge in [-0.15, -0.1) is 11.6 Å². The van der Waals surface area contributed by atoms with E-state index in [2.05, 4.69) is 6.07 Å². The van der Waals surface area contributed by atoms with Crippen LogP contribution in [0.25, 0.3) is 0 Å². The summed E-state index contributed by atoms with van der Waals surface area (Å²) in [6.45, 7) is 2.17. The highest BCUT2D eigenvalue weighted by atomic mass is 35.5. The molecule has 1 nitrogen and oxygen atoms in total. The Hall–Kier alpha value is -0.530. The Morgan fingerprint density at radius 3 is 2.54 bits per heavy atom. The van der Waals surface area contributed by atoms with Crippen LogP contribution in [0.2, 0.25) is 0 Å². The first kappa shape index (κ1) is 10.6. The first-order valence-electron chi connectivity index (χ1n) is 4.52. The van der Waals surface area contributed by atoms with E-state index < -0.39 is 0 Å². The van der Waals surface area contributed by atoms with E-state index in [1.807, 2.05) is 19.1 Å². The average Bonchev–Trinajstić information content (AvgIpc) is 2.14. The second-order valence-corrected chi connectivity index (χ2v) is 3.66. The van der Waals surface area contributed by atoms with Gasteiger partial charge in [0.05, 0.1) is 6.61 Å². The van der Waals surface area contributed by atoms with Crippen LogP contribution in [0.5, 0.6) is 0 Å². The molecule has 0 aromatic heterocycles. The highest BCUT2D eigenvalue weighted by Crippen LogP contribution is 2.11. The highest BCUT2D eigenvalue weighted by Gasteiger charge is 1.97. The van der Waals surface area contributed by atoms with E-state index in [1.54, 1.807) is 0 Å². The van der Waals surface area contributed by atoms with Crippen LogP contribution in [-0.2, 0) is 13.0 Å². The molecule has 0 atom stereocenters. The molecule has 2 heteroatoms. The first-order chi connectivity index (χ1) is 6.26. The second-order valence-electron chi connectivity index (χ2n) is 3.28. The average molecular weight is 199 g/mol. The molecule has 0 unspecified atom stereocenters. The van der Waals surface area contributed by atoms with Crippen molar-refractivity contribution in [1.82, 2.24) is 0 Å². The number of aliphatic hydroxyl groups is 1. The van der Waals surface area contributed by atoms with E-state index in [0.29, 0.717) is 5.88 Å². The van der Waals surface area contributed by atoms with Crippen molar-refractivity contribution in [2.75, 3.05) is 5.88 Å². The maximum absolute atomic E-state index is 8.99. The van der Waals surface area contributed by atoms with Crippen LogP contribution < -0.4 is 0 Å². The molecule has 0 spiro atoms. The molecule has 0 radical (unpaired) electrons. The summed E-state index contributed by atoms with van der Waals surface area (Å²) >= 11 is 5.62. The lowest BCUT2D eigenvalue weighted by atomic mass is 10.0. The normalized spacial score (nSPS) is 10.4. The minimum atomic E-state index is 0.121. The lowest BCUT2D eigenvalue weighted by Gasteiger charge is -2.04. The highest BCUT2D eigenvalue weighted by molar-refractivity contribution is 6.17. The Balaban J connectivity index is 2.76. The zero-order valence-corrected chi connectivity index (χ0v) is 8.64. The van der Waals surface area contributed by atoms with Crippen LogP contribution >= 0.6 is 11.6 Å². The summed E-state index contributed by atoms with van der Waals surface area (Å²) in [5, 5.41) is 8.99. The Bertz CT molecular complexity index is 271. The predicted octanol–water partition coefficient (Wildman–Crippen LogP) is 2.66. The van der Waals surface area contributed by atoms with Gasteiger partial charge in [-0.1, -0.05) is 23.8 Å². The smallest absolute Gasteiger partial charge is 0.0682 e. The summed E-state index contributed by atoms with van der Waals surface area (Å²) in [4.78, 5) is 0. The lowest BCUT2D eigenvalue weighted by Crippen LogP contribution is -1.91. The molecular formula is C11H15ClO. The zero-order valence-electron chi connectivity index (χ0n) is 7.89. The molecule has 0 amide bonds. The number of alkyl halides is 1. The van der Waals surface area contributed by atoms with Crippen molar-refractivity contribution in [3.05, 3.63) is 34.9 Å². The third kappa shape index (κ3) is 3.37. The molecule has 1 aromatic carbocycles. The molecule has 0 aliphatic rings.